The molecule has 0 aromatic carbocycles. The zero-order valence-corrected chi connectivity index (χ0v) is 7.43. The predicted octanol–water partition coefficient (Wildman–Crippen LogP) is -0.611. The van der Waals surface area contributed by atoms with Crippen molar-refractivity contribution in [3.63, 3.8) is 0 Å². The van der Waals surface area contributed by atoms with Crippen LogP contribution in [0.5, 0.6) is 0 Å². The van der Waals surface area contributed by atoms with E-state index in [2.05, 4.69) is 0 Å². The van der Waals surface area contributed by atoms with Crippen LogP contribution >= 0.6 is 0 Å². The van der Waals surface area contributed by atoms with Gasteiger partial charge in [0, 0.05) is 13.0 Å². The van der Waals surface area contributed by atoms with Crippen LogP contribution in [0.2, 0.25) is 0 Å². The summed E-state index contributed by atoms with van der Waals surface area (Å²) in [5.74, 6) is 0.174. The van der Waals surface area contributed by atoms with Crippen molar-refractivity contribution in [2.75, 3.05) is 20.3 Å². The van der Waals surface area contributed by atoms with Crippen molar-refractivity contribution in [2.24, 2.45) is 5.92 Å². The van der Waals surface area contributed by atoms with Gasteiger partial charge in [-0.2, -0.15) is 0 Å². The van der Waals surface area contributed by atoms with E-state index in [0.717, 1.165) is 0 Å². The second-order valence-electron chi connectivity index (χ2n) is 3.22. The van der Waals surface area contributed by atoms with Crippen LogP contribution < -0.4 is 0 Å². The highest BCUT2D eigenvalue weighted by atomic mass is 16.5. The highest BCUT2D eigenvalue weighted by Gasteiger charge is 2.36. The molecule has 4 heteroatoms. The molecule has 1 fully saturated rings. The van der Waals surface area contributed by atoms with Gasteiger partial charge in [0.2, 0.25) is 0 Å². The normalized spacial score (nSPS) is 43.0. The minimum atomic E-state index is -0.719. The van der Waals surface area contributed by atoms with Gasteiger partial charge in [-0.15, -0.1) is 0 Å². The smallest absolute Gasteiger partial charge is 0.109 e. The molecule has 0 aromatic rings. The largest absolute Gasteiger partial charge is 0.394 e. The van der Waals surface area contributed by atoms with Gasteiger partial charge in [0.25, 0.3) is 0 Å². The SMILES string of the molecule is CO[C@@H]1[C@@H](O)[C@H](CO)OC[C@@H]1C. The topological polar surface area (TPSA) is 58.9 Å². The minimum absolute atomic E-state index is 0.159. The number of hydrogen-bond donors (Lipinski definition) is 2. The molecule has 4 nitrogen and oxygen atoms in total. The first-order valence-corrected chi connectivity index (χ1v) is 4.14. The van der Waals surface area contributed by atoms with Gasteiger partial charge < -0.3 is 19.7 Å². The molecule has 0 saturated carbocycles. The zero-order chi connectivity index (χ0) is 9.14. The summed E-state index contributed by atoms with van der Waals surface area (Å²) in [6.07, 6.45) is -1.44. The fraction of sp³-hybridized carbons (Fsp3) is 1.00. The summed E-state index contributed by atoms with van der Waals surface area (Å²) >= 11 is 0. The van der Waals surface area contributed by atoms with E-state index in [1.54, 1.807) is 7.11 Å². The van der Waals surface area contributed by atoms with Gasteiger partial charge in [-0.1, -0.05) is 6.92 Å². The molecular formula is C8H16O4. The van der Waals surface area contributed by atoms with Gasteiger partial charge in [0.15, 0.2) is 0 Å². The van der Waals surface area contributed by atoms with Crippen molar-refractivity contribution < 1.29 is 19.7 Å². The number of aliphatic hydroxyl groups excluding tert-OH is 2. The second-order valence-corrected chi connectivity index (χ2v) is 3.22. The number of ether oxygens (including phenoxy) is 2. The van der Waals surface area contributed by atoms with Gasteiger partial charge in [-0.3, -0.25) is 0 Å². The molecule has 0 bridgehead atoms. The Hall–Kier alpha value is -0.160. The molecule has 1 heterocycles. The lowest BCUT2D eigenvalue weighted by Gasteiger charge is -2.37. The van der Waals surface area contributed by atoms with E-state index in [1.807, 2.05) is 6.92 Å². The summed E-state index contributed by atoms with van der Waals surface area (Å²) in [5.41, 5.74) is 0. The van der Waals surface area contributed by atoms with E-state index in [-0.39, 0.29) is 18.6 Å². The van der Waals surface area contributed by atoms with Crippen LogP contribution in [0.3, 0.4) is 0 Å². The maximum absolute atomic E-state index is 9.59. The summed E-state index contributed by atoms with van der Waals surface area (Å²) in [4.78, 5) is 0. The van der Waals surface area contributed by atoms with Crippen LogP contribution in [-0.2, 0) is 9.47 Å². The van der Waals surface area contributed by atoms with Gasteiger partial charge in [0.05, 0.1) is 19.3 Å². The lowest BCUT2D eigenvalue weighted by Crippen LogP contribution is -2.51. The van der Waals surface area contributed by atoms with Crippen LogP contribution in [0.15, 0.2) is 0 Å². The molecule has 0 aromatic heterocycles. The molecule has 1 saturated heterocycles. The van der Waals surface area contributed by atoms with E-state index in [9.17, 15) is 5.11 Å². The van der Waals surface area contributed by atoms with Crippen LogP contribution in [0.25, 0.3) is 0 Å². The van der Waals surface area contributed by atoms with Crippen molar-refractivity contribution in [2.45, 2.75) is 25.2 Å². The highest BCUT2D eigenvalue weighted by Crippen LogP contribution is 2.21. The lowest BCUT2D eigenvalue weighted by molar-refractivity contribution is -0.179. The monoisotopic (exact) mass is 176 g/mol. The standard InChI is InChI=1S/C8H16O4/c1-5-4-12-6(3-9)7(10)8(5)11-2/h5-10H,3-4H2,1-2H3/t5-,6-,7-,8-/m0/s1. The molecule has 4 atom stereocenters. The fourth-order valence-corrected chi connectivity index (χ4v) is 1.55. The van der Waals surface area contributed by atoms with Crippen molar-refractivity contribution in [1.29, 1.82) is 0 Å². The number of aliphatic hydroxyl groups is 2. The Bertz CT molecular complexity index is 139. The van der Waals surface area contributed by atoms with Crippen LogP contribution in [-0.4, -0.2) is 48.8 Å². The third kappa shape index (κ3) is 1.77. The molecule has 72 valence electrons. The summed E-state index contributed by atoms with van der Waals surface area (Å²) in [5, 5.41) is 18.4. The van der Waals surface area contributed by atoms with Gasteiger partial charge >= 0.3 is 0 Å². The molecule has 2 N–H and O–H groups in total. The molecule has 1 aliphatic heterocycles. The molecule has 0 radical (unpaired) electrons. The number of rotatable bonds is 2. The number of methoxy groups -OCH3 is 1. The molecule has 0 amide bonds. The maximum Gasteiger partial charge on any atom is 0.109 e. The first-order valence-electron chi connectivity index (χ1n) is 4.14. The lowest BCUT2D eigenvalue weighted by atomic mass is 9.94. The Labute approximate surface area is 72.1 Å². The first kappa shape index (κ1) is 9.92. The van der Waals surface area contributed by atoms with E-state index in [0.29, 0.717) is 6.61 Å². The van der Waals surface area contributed by atoms with Crippen molar-refractivity contribution in [3.8, 4) is 0 Å². The predicted molar refractivity (Wildman–Crippen MR) is 42.8 cm³/mol. The quantitative estimate of drug-likeness (QED) is 0.589. The average molecular weight is 176 g/mol. The molecule has 1 aliphatic rings. The molecule has 0 aliphatic carbocycles. The molecule has 1 rings (SSSR count). The van der Waals surface area contributed by atoms with Crippen LogP contribution in [0.1, 0.15) is 6.92 Å². The maximum atomic E-state index is 9.59. The average Bonchev–Trinajstić information content (AvgIpc) is 2.06. The Kier molecular flexibility index (Phi) is 3.46. The Morgan fingerprint density at radius 2 is 2.25 bits per heavy atom. The third-order valence-corrected chi connectivity index (χ3v) is 2.30. The fourth-order valence-electron chi connectivity index (χ4n) is 1.55. The molecular weight excluding hydrogens is 160 g/mol. The van der Waals surface area contributed by atoms with E-state index >= 15 is 0 Å². The molecule has 0 unspecified atom stereocenters. The molecule has 0 spiro atoms. The van der Waals surface area contributed by atoms with Crippen LogP contribution in [0.4, 0.5) is 0 Å². The third-order valence-electron chi connectivity index (χ3n) is 2.30. The number of hydrogen-bond acceptors (Lipinski definition) is 4. The van der Waals surface area contributed by atoms with Crippen molar-refractivity contribution in [3.05, 3.63) is 0 Å². The van der Waals surface area contributed by atoms with Crippen molar-refractivity contribution >= 4 is 0 Å². The Balaban J connectivity index is 2.56. The molecule has 12 heavy (non-hydrogen) atoms. The van der Waals surface area contributed by atoms with E-state index in [4.69, 9.17) is 14.6 Å². The first-order chi connectivity index (χ1) is 5.70. The van der Waals surface area contributed by atoms with Crippen molar-refractivity contribution in [1.82, 2.24) is 0 Å². The zero-order valence-electron chi connectivity index (χ0n) is 7.43. The Morgan fingerprint density at radius 1 is 1.58 bits per heavy atom. The minimum Gasteiger partial charge on any atom is -0.394 e. The van der Waals surface area contributed by atoms with Crippen LogP contribution in [0, 0.1) is 5.92 Å². The highest BCUT2D eigenvalue weighted by molar-refractivity contribution is 4.85. The van der Waals surface area contributed by atoms with E-state index in [1.165, 1.54) is 0 Å². The van der Waals surface area contributed by atoms with Gasteiger partial charge in [-0.05, 0) is 0 Å². The second kappa shape index (κ2) is 4.18. The summed E-state index contributed by atoms with van der Waals surface area (Å²) in [7, 11) is 1.56. The summed E-state index contributed by atoms with van der Waals surface area (Å²) in [6, 6.07) is 0. The van der Waals surface area contributed by atoms with E-state index < -0.39 is 12.2 Å². The summed E-state index contributed by atoms with van der Waals surface area (Å²) in [6.45, 7) is 2.32. The van der Waals surface area contributed by atoms with Gasteiger partial charge in [-0.25, -0.2) is 0 Å². The van der Waals surface area contributed by atoms with Gasteiger partial charge in [0.1, 0.15) is 12.2 Å². The summed E-state index contributed by atoms with van der Waals surface area (Å²) < 4.78 is 10.3. The Morgan fingerprint density at radius 3 is 2.75 bits per heavy atom.